The SMILES string of the molecule is CS(=O)(=O)Nc1ccc(C(=O)NCCOCc2ccccc2)cc1Cl. The highest BCUT2D eigenvalue weighted by molar-refractivity contribution is 7.92. The zero-order valence-electron chi connectivity index (χ0n) is 13.7. The number of sulfonamides is 1. The fraction of sp³-hybridized carbons (Fsp3) is 0.235. The molecule has 2 rings (SSSR count). The van der Waals surface area contributed by atoms with Crippen LogP contribution in [0.3, 0.4) is 0 Å². The Balaban J connectivity index is 1.79. The zero-order valence-corrected chi connectivity index (χ0v) is 15.2. The van der Waals surface area contributed by atoms with Gasteiger partial charge in [-0.1, -0.05) is 41.9 Å². The molecule has 2 aromatic rings. The van der Waals surface area contributed by atoms with Gasteiger partial charge in [0.15, 0.2) is 0 Å². The second-order valence-corrected chi connectivity index (χ2v) is 7.52. The maximum Gasteiger partial charge on any atom is 0.251 e. The fourth-order valence-corrected chi connectivity index (χ4v) is 2.90. The van der Waals surface area contributed by atoms with Crippen LogP contribution in [0.25, 0.3) is 0 Å². The maximum absolute atomic E-state index is 12.1. The summed E-state index contributed by atoms with van der Waals surface area (Å²) in [7, 11) is -3.43. The summed E-state index contributed by atoms with van der Waals surface area (Å²) in [4.78, 5) is 12.1. The average molecular weight is 383 g/mol. The molecule has 0 spiro atoms. The van der Waals surface area contributed by atoms with Gasteiger partial charge < -0.3 is 10.1 Å². The van der Waals surface area contributed by atoms with E-state index in [1.807, 2.05) is 30.3 Å². The number of nitrogens with one attached hydrogen (secondary N) is 2. The number of ether oxygens (including phenoxy) is 1. The van der Waals surface area contributed by atoms with Gasteiger partial charge >= 0.3 is 0 Å². The molecule has 0 saturated heterocycles. The highest BCUT2D eigenvalue weighted by atomic mass is 35.5. The first-order valence-corrected chi connectivity index (χ1v) is 9.79. The van der Waals surface area contributed by atoms with Crippen LogP contribution in [0.5, 0.6) is 0 Å². The van der Waals surface area contributed by atoms with Gasteiger partial charge in [-0.25, -0.2) is 8.42 Å². The monoisotopic (exact) mass is 382 g/mol. The first-order chi connectivity index (χ1) is 11.8. The van der Waals surface area contributed by atoms with Gasteiger partial charge in [0.1, 0.15) is 0 Å². The van der Waals surface area contributed by atoms with Crippen LogP contribution in [0.2, 0.25) is 5.02 Å². The Kier molecular flexibility index (Phi) is 6.81. The highest BCUT2D eigenvalue weighted by Gasteiger charge is 2.10. The number of anilines is 1. The molecule has 0 aliphatic rings. The first-order valence-electron chi connectivity index (χ1n) is 7.52. The molecule has 25 heavy (non-hydrogen) atoms. The highest BCUT2D eigenvalue weighted by Crippen LogP contribution is 2.23. The second-order valence-electron chi connectivity index (χ2n) is 5.36. The Morgan fingerprint density at radius 2 is 1.88 bits per heavy atom. The largest absolute Gasteiger partial charge is 0.375 e. The summed E-state index contributed by atoms with van der Waals surface area (Å²) in [5.41, 5.74) is 1.63. The van der Waals surface area contributed by atoms with E-state index in [1.165, 1.54) is 18.2 Å². The summed E-state index contributed by atoms with van der Waals surface area (Å²) in [5, 5.41) is 2.87. The van der Waals surface area contributed by atoms with Crippen molar-refractivity contribution in [2.75, 3.05) is 24.1 Å². The number of carbonyl (C=O) groups is 1. The van der Waals surface area contributed by atoms with E-state index in [1.54, 1.807) is 0 Å². The fourth-order valence-electron chi connectivity index (χ4n) is 2.04. The van der Waals surface area contributed by atoms with Gasteiger partial charge in [0.25, 0.3) is 5.91 Å². The van der Waals surface area contributed by atoms with E-state index in [9.17, 15) is 13.2 Å². The molecule has 8 heteroatoms. The molecular weight excluding hydrogens is 364 g/mol. The van der Waals surface area contributed by atoms with Gasteiger partial charge in [-0.05, 0) is 23.8 Å². The molecule has 2 aromatic carbocycles. The lowest BCUT2D eigenvalue weighted by Gasteiger charge is -2.09. The normalized spacial score (nSPS) is 11.1. The number of hydrogen-bond donors (Lipinski definition) is 2. The molecule has 0 unspecified atom stereocenters. The maximum atomic E-state index is 12.1. The lowest BCUT2D eigenvalue weighted by atomic mass is 10.2. The van der Waals surface area contributed by atoms with Crippen molar-refractivity contribution in [2.24, 2.45) is 0 Å². The molecule has 1 amide bonds. The molecule has 2 N–H and O–H groups in total. The number of hydrogen-bond acceptors (Lipinski definition) is 4. The molecule has 134 valence electrons. The molecule has 0 bridgehead atoms. The lowest BCUT2D eigenvalue weighted by Crippen LogP contribution is -2.27. The molecule has 0 aromatic heterocycles. The van der Waals surface area contributed by atoms with E-state index in [-0.39, 0.29) is 16.6 Å². The Morgan fingerprint density at radius 3 is 2.52 bits per heavy atom. The van der Waals surface area contributed by atoms with Crippen LogP contribution in [0.4, 0.5) is 5.69 Å². The summed E-state index contributed by atoms with van der Waals surface area (Å²) in [5.74, 6) is -0.309. The van der Waals surface area contributed by atoms with Gasteiger partial charge in [-0.2, -0.15) is 0 Å². The number of halogens is 1. The number of amides is 1. The van der Waals surface area contributed by atoms with Crippen molar-refractivity contribution in [1.29, 1.82) is 0 Å². The standard InChI is InChI=1S/C17H19ClN2O4S/c1-25(22,23)20-16-8-7-14(11-15(16)18)17(21)19-9-10-24-12-13-5-3-2-4-6-13/h2-8,11,20H,9-10,12H2,1H3,(H,19,21). The van der Waals surface area contributed by atoms with Crippen molar-refractivity contribution in [3.63, 3.8) is 0 Å². The van der Waals surface area contributed by atoms with Gasteiger partial charge in [0, 0.05) is 12.1 Å². The summed E-state index contributed by atoms with van der Waals surface area (Å²) in [6.45, 7) is 1.21. The van der Waals surface area contributed by atoms with Crippen LogP contribution < -0.4 is 10.0 Å². The van der Waals surface area contributed by atoms with Crippen LogP contribution in [-0.4, -0.2) is 33.7 Å². The van der Waals surface area contributed by atoms with Crippen molar-refractivity contribution >= 4 is 33.2 Å². The minimum absolute atomic E-state index is 0.151. The van der Waals surface area contributed by atoms with E-state index in [0.717, 1.165) is 11.8 Å². The Hall–Kier alpha value is -2.09. The predicted octanol–water partition coefficient (Wildman–Crippen LogP) is 2.66. The van der Waals surface area contributed by atoms with Crippen LogP contribution in [0, 0.1) is 0 Å². The second kappa shape index (κ2) is 8.84. The van der Waals surface area contributed by atoms with E-state index in [0.29, 0.717) is 25.3 Å². The Morgan fingerprint density at radius 1 is 1.16 bits per heavy atom. The van der Waals surface area contributed by atoms with E-state index >= 15 is 0 Å². The topological polar surface area (TPSA) is 84.5 Å². The Bertz CT molecular complexity index is 826. The summed E-state index contributed by atoms with van der Waals surface area (Å²) < 4.78 is 30.2. The number of carbonyl (C=O) groups excluding carboxylic acids is 1. The van der Waals surface area contributed by atoms with Crippen molar-refractivity contribution in [1.82, 2.24) is 5.32 Å². The van der Waals surface area contributed by atoms with E-state index in [2.05, 4.69) is 10.0 Å². The third-order valence-corrected chi connectivity index (χ3v) is 4.07. The van der Waals surface area contributed by atoms with Crippen LogP contribution in [0.1, 0.15) is 15.9 Å². The number of benzene rings is 2. The minimum atomic E-state index is -3.43. The average Bonchev–Trinajstić information content (AvgIpc) is 2.56. The zero-order chi connectivity index (χ0) is 18.3. The smallest absolute Gasteiger partial charge is 0.251 e. The van der Waals surface area contributed by atoms with E-state index in [4.69, 9.17) is 16.3 Å². The lowest BCUT2D eigenvalue weighted by molar-refractivity contribution is 0.0901. The number of rotatable bonds is 8. The van der Waals surface area contributed by atoms with Crippen molar-refractivity contribution < 1.29 is 17.9 Å². The van der Waals surface area contributed by atoms with Gasteiger partial charge in [0.05, 0.1) is 30.2 Å². The Labute approximate surface area is 152 Å². The molecule has 0 fully saturated rings. The van der Waals surface area contributed by atoms with Gasteiger partial charge in [-0.15, -0.1) is 0 Å². The van der Waals surface area contributed by atoms with Crippen LogP contribution in [0.15, 0.2) is 48.5 Å². The van der Waals surface area contributed by atoms with Crippen molar-refractivity contribution in [2.45, 2.75) is 6.61 Å². The third kappa shape index (κ3) is 6.74. The van der Waals surface area contributed by atoms with Gasteiger partial charge in [-0.3, -0.25) is 9.52 Å². The van der Waals surface area contributed by atoms with Crippen molar-refractivity contribution in [3.05, 3.63) is 64.7 Å². The van der Waals surface area contributed by atoms with E-state index < -0.39 is 10.0 Å². The third-order valence-electron chi connectivity index (χ3n) is 3.17. The molecule has 0 aliphatic heterocycles. The quantitative estimate of drug-likeness (QED) is 0.687. The summed E-state index contributed by atoms with van der Waals surface area (Å²) in [6, 6.07) is 14.1. The molecule has 0 aliphatic carbocycles. The first kappa shape index (κ1) is 19.2. The molecule has 6 nitrogen and oxygen atoms in total. The van der Waals surface area contributed by atoms with Crippen molar-refractivity contribution in [3.8, 4) is 0 Å². The van der Waals surface area contributed by atoms with Crippen LogP contribution in [-0.2, 0) is 21.4 Å². The molecule has 0 atom stereocenters. The molecule has 0 radical (unpaired) electrons. The molecule has 0 heterocycles. The summed E-state index contributed by atoms with van der Waals surface area (Å²) >= 11 is 6.00. The van der Waals surface area contributed by atoms with Gasteiger partial charge in [0.2, 0.25) is 10.0 Å². The molecular formula is C17H19ClN2O4S. The minimum Gasteiger partial charge on any atom is -0.375 e. The summed E-state index contributed by atoms with van der Waals surface area (Å²) in [6.07, 6.45) is 1.03. The predicted molar refractivity (Wildman–Crippen MR) is 98.3 cm³/mol. The van der Waals surface area contributed by atoms with Crippen LogP contribution >= 0.6 is 11.6 Å². The molecule has 0 saturated carbocycles.